The van der Waals surface area contributed by atoms with Gasteiger partial charge in [0, 0.05) is 24.5 Å². The predicted molar refractivity (Wildman–Crippen MR) is 75.7 cm³/mol. The Balaban J connectivity index is 2.03. The number of halogens is 3. The summed E-state index contributed by atoms with van der Waals surface area (Å²) in [5.74, 6) is -6.18. The molecule has 23 heavy (non-hydrogen) atoms. The van der Waals surface area contributed by atoms with E-state index in [0.29, 0.717) is 11.6 Å². The molecule has 0 radical (unpaired) electrons. The minimum absolute atomic E-state index is 0.279. The van der Waals surface area contributed by atoms with E-state index in [2.05, 4.69) is 10.3 Å². The average molecular weight is 323 g/mol. The largest absolute Gasteiger partial charge is 0.341 e. The number of hydrogen-bond acceptors (Lipinski definition) is 3. The molecule has 120 valence electrons. The molecular weight excluding hydrogens is 311 g/mol. The summed E-state index contributed by atoms with van der Waals surface area (Å²) in [4.78, 5) is 27.3. The lowest BCUT2D eigenvalue weighted by Crippen LogP contribution is -2.37. The van der Waals surface area contributed by atoms with Gasteiger partial charge in [-0.1, -0.05) is 6.07 Å². The van der Waals surface area contributed by atoms with Crippen LogP contribution in [0.1, 0.15) is 18.5 Å². The van der Waals surface area contributed by atoms with E-state index >= 15 is 0 Å². The number of nitrogens with zero attached hydrogens (tertiary/aromatic N) is 1. The normalized spacial score (nSPS) is 11.7. The fourth-order valence-corrected chi connectivity index (χ4v) is 1.78. The van der Waals surface area contributed by atoms with Gasteiger partial charge in [-0.15, -0.1) is 0 Å². The number of rotatable bonds is 3. The Labute approximate surface area is 129 Å². The Bertz CT molecular complexity index is 738. The van der Waals surface area contributed by atoms with Crippen molar-refractivity contribution in [1.82, 2.24) is 10.3 Å². The van der Waals surface area contributed by atoms with Crippen molar-refractivity contribution in [1.29, 1.82) is 0 Å². The highest BCUT2D eigenvalue weighted by molar-refractivity contribution is 6.39. The van der Waals surface area contributed by atoms with Gasteiger partial charge in [0.25, 0.3) is 0 Å². The lowest BCUT2D eigenvalue weighted by Gasteiger charge is -2.13. The Hall–Kier alpha value is -2.90. The molecule has 2 rings (SSSR count). The second kappa shape index (κ2) is 6.91. The lowest BCUT2D eigenvalue weighted by molar-refractivity contribution is -0.136. The smallest absolute Gasteiger partial charge is 0.313 e. The van der Waals surface area contributed by atoms with Crippen molar-refractivity contribution in [2.24, 2.45) is 0 Å². The molecule has 0 unspecified atom stereocenters. The zero-order chi connectivity index (χ0) is 17.0. The monoisotopic (exact) mass is 323 g/mol. The topological polar surface area (TPSA) is 71.1 Å². The summed E-state index contributed by atoms with van der Waals surface area (Å²) in [6, 6.07) is 3.58. The first kappa shape index (κ1) is 16.5. The fourth-order valence-electron chi connectivity index (χ4n) is 1.78. The summed E-state index contributed by atoms with van der Waals surface area (Å²) in [5, 5.41) is 4.27. The number of anilines is 1. The predicted octanol–water partition coefficient (Wildman–Crippen LogP) is 2.31. The number of benzene rings is 1. The highest BCUT2D eigenvalue weighted by Crippen LogP contribution is 2.18. The maximum absolute atomic E-state index is 13.4. The van der Waals surface area contributed by atoms with E-state index in [1.54, 1.807) is 25.3 Å². The first-order valence-electron chi connectivity index (χ1n) is 6.55. The second-order valence-electron chi connectivity index (χ2n) is 4.68. The van der Waals surface area contributed by atoms with Gasteiger partial charge >= 0.3 is 11.8 Å². The zero-order valence-electron chi connectivity index (χ0n) is 11.9. The van der Waals surface area contributed by atoms with E-state index < -0.39 is 41.0 Å². The number of aromatic nitrogens is 1. The van der Waals surface area contributed by atoms with E-state index in [0.717, 1.165) is 0 Å². The quantitative estimate of drug-likeness (QED) is 0.673. The van der Waals surface area contributed by atoms with Gasteiger partial charge in [-0.2, -0.15) is 0 Å². The lowest BCUT2D eigenvalue weighted by atomic mass is 10.1. The first-order chi connectivity index (χ1) is 10.9. The van der Waals surface area contributed by atoms with Gasteiger partial charge in [-0.3, -0.25) is 14.6 Å². The summed E-state index contributed by atoms with van der Waals surface area (Å²) in [5.41, 5.74) is 0.0331. The van der Waals surface area contributed by atoms with Crippen molar-refractivity contribution >= 4 is 17.5 Å². The van der Waals surface area contributed by atoms with Gasteiger partial charge < -0.3 is 10.6 Å². The summed E-state index contributed by atoms with van der Waals surface area (Å²) < 4.78 is 39.3. The standard InChI is InChI=1S/C15H12F3N3O2/c1-8(9-3-2-4-19-7-9)20-14(22)15(23)21-13-6-11(17)10(16)5-12(13)18/h2-8H,1H3,(H,20,22)(H,21,23)/t8-/m1/s1. The summed E-state index contributed by atoms with van der Waals surface area (Å²) in [7, 11) is 0. The number of nitrogens with one attached hydrogen (secondary N) is 2. The van der Waals surface area contributed by atoms with Crippen LogP contribution in [0.15, 0.2) is 36.7 Å². The minimum Gasteiger partial charge on any atom is -0.341 e. The van der Waals surface area contributed by atoms with E-state index in [-0.39, 0.29) is 6.07 Å². The molecule has 1 aromatic heterocycles. The van der Waals surface area contributed by atoms with Crippen molar-refractivity contribution in [3.05, 3.63) is 59.7 Å². The molecule has 0 aliphatic carbocycles. The van der Waals surface area contributed by atoms with Crippen molar-refractivity contribution in [2.45, 2.75) is 13.0 Å². The van der Waals surface area contributed by atoms with Crippen molar-refractivity contribution in [3.63, 3.8) is 0 Å². The highest BCUT2D eigenvalue weighted by atomic mass is 19.2. The molecule has 1 atom stereocenters. The maximum atomic E-state index is 13.4. The van der Waals surface area contributed by atoms with Crippen LogP contribution in [0, 0.1) is 17.5 Å². The van der Waals surface area contributed by atoms with Gasteiger partial charge in [-0.05, 0) is 18.6 Å². The van der Waals surface area contributed by atoms with Gasteiger partial charge in [0.05, 0.1) is 11.7 Å². The summed E-state index contributed by atoms with van der Waals surface area (Å²) >= 11 is 0. The number of carbonyl (C=O) groups excluding carboxylic acids is 2. The molecule has 0 saturated carbocycles. The van der Waals surface area contributed by atoms with Crippen LogP contribution in [0.2, 0.25) is 0 Å². The summed E-state index contributed by atoms with van der Waals surface area (Å²) in [6.07, 6.45) is 3.06. The summed E-state index contributed by atoms with van der Waals surface area (Å²) in [6.45, 7) is 1.63. The second-order valence-corrected chi connectivity index (χ2v) is 4.68. The van der Waals surface area contributed by atoms with E-state index in [9.17, 15) is 22.8 Å². The van der Waals surface area contributed by atoms with Crippen LogP contribution in [0.4, 0.5) is 18.9 Å². The van der Waals surface area contributed by atoms with Crippen LogP contribution in [0.3, 0.4) is 0 Å². The Morgan fingerprint density at radius 1 is 1.09 bits per heavy atom. The molecule has 0 bridgehead atoms. The van der Waals surface area contributed by atoms with Crippen LogP contribution < -0.4 is 10.6 Å². The van der Waals surface area contributed by atoms with Crippen LogP contribution >= 0.6 is 0 Å². The van der Waals surface area contributed by atoms with Gasteiger partial charge in [0.1, 0.15) is 5.82 Å². The molecule has 1 aromatic carbocycles. The van der Waals surface area contributed by atoms with Crippen LogP contribution in [-0.2, 0) is 9.59 Å². The number of amides is 2. The molecular formula is C15H12F3N3O2. The molecule has 2 aromatic rings. The van der Waals surface area contributed by atoms with Crippen LogP contribution in [-0.4, -0.2) is 16.8 Å². The molecule has 0 aliphatic heterocycles. The van der Waals surface area contributed by atoms with E-state index in [1.165, 1.54) is 6.20 Å². The Morgan fingerprint density at radius 3 is 2.43 bits per heavy atom. The number of pyridine rings is 1. The van der Waals surface area contributed by atoms with Crippen molar-refractivity contribution in [3.8, 4) is 0 Å². The third kappa shape index (κ3) is 4.06. The molecule has 2 amide bonds. The highest BCUT2D eigenvalue weighted by Gasteiger charge is 2.19. The fraction of sp³-hybridized carbons (Fsp3) is 0.133. The molecule has 0 aliphatic rings. The van der Waals surface area contributed by atoms with Gasteiger partial charge in [0.2, 0.25) is 0 Å². The molecule has 8 heteroatoms. The minimum atomic E-state index is -1.39. The average Bonchev–Trinajstić information content (AvgIpc) is 2.53. The van der Waals surface area contributed by atoms with Crippen LogP contribution in [0.25, 0.3) is 0 Å². The SMILES string of the molecule is C[C@@H](NC(=O)C(=O)Nc1cc(F)c(F)cc1F)c1cccnc1. The third-order valence-corrected chi connectivity index (χ3v) is 3.00. The number of hydrogen-bond donors (Lipinski definition) is 2. The van der Waals surface area contributed by atoms with Crippen molar-refractivity contribution in [2.75, 3.05) is 5.32 Å². The van der Waals surface area contributed by atoms with Crippen molar-refractivity contribution < 1.29 is 22.8 Å². The molecule has 0 saturated heterocycles. The number of carbonyl (C=O) groups is 2. The zero-order valence-corrected chi connectivity index (χ0v) is 11.9. The molecule has 1 heterocycles. The van der Waals surface area contributed by atoms with Crippen LogP contribution in [0.5, 0.6) is 0 Å². The molecule has 0 fully saturated rings. The first-order valence-corrected chi connectivity index (χ1v) is 6.55. The van der Waals surface area contributed by atoms with Gasteiger partial charge in [-0.25, -0.2) is 13.2 Å². The molecule has 0 spiro atoms. The molecule has 2 N–H and O–H groups in total. The maximum Gasteiger partial charge on any atom is 0.313 e. The third-order valence-electron chi connectivity index (χ3n) is 3.00. The van der Waals surface area contributed by atoms with E-state index in [1.807, 2.05) is 5.32 Å². The molecule has 5 nitrogen and oxygen atoms in total. The Kier molecular flexibility index (Phi) is 4.95. The Morgan fingerprint density at radius 2 is 1.78 bits per heavy atom. The van der Waals surface area contributed by atoms with E-state index in [4.69, 9.17) is 0 Å². The van der Waals surface area contributed by atoms with Gasteiger partial charge in [0.15, 0.2) is 11.6 Å².